The van der Waals surface area contributed by atoms with E-state index in [1.54, 1.807) is 6.26 Å². The third-order valence-corrected chi connectivity index (χ3v) is 5.68. The van der Waals surface area contributed by atoms with Crippen LogP contribution in [0, 0.1) is 11.3 Å². The lowest BCUT2D eigenvalue weighted by Crippen LogP contribution is -3.15. The minimum absolute atomic E-state index is 0.229. The highest BCUT2D eigenvalue weighted by Gasteiger charge is 2.33. The van der Waals surface area contributed by atoms with Crippen molar-refractivity contribution in [3.05, 3.63) is 35.1 Å². The first-order valence-electron chi connectivity index (χ1n) is 9.56. The minimum Gasteiger partial charge on any atom is -0.461 e. The number of H-pyrrole nitrogens is 1. The van der Waals surface area contributed by atoms with E-state index in [9.17, 15) is 5.26 Å². The van der Waals surface area contributed by atoms with Gasteiger partial charge in [-0.05, 0) is 43.4 Å². The Hall–Kier alpha value is -2.36. The van der Waals surface area contributed by atoms with Gasteiger partial charge in [0.2, 0.25) is 0 Å². The van der Waals surface area contributed by atoms with E-state index in [1.165, 1.54) is 16.0 Å². The van der Waals surface area contributed by atoms with Crippen molar-refractivity contribution in [2.24, 2.45) is 0 Å². The quantitative estimate of drug-likeness (QED) is 0.823. The molecule has 4 rings (SSSR count). The van der Waals surface area contributed by atoms with Gasteiger partial charge in [0.05, 0.1) is 12.9 Å². The van der Waals surface area contributed by atoms with Crippen LogP contribution in [0.1, 0.15) is 29.5 Å². The number of hydrogen-bond acceptors (Lipinski definition) is 4. The van der Waals surface area contributed by atoms with Crippen LogP contribution in [0.5, 0.6) is 0 Å². The molecule has 1 saturated heterocycles. The second-order valence-corrected chi connectivity index (χ2v) is 7.19. The normalized spacial score (nSPS) is 17.8. The molecule has 2 aliphatic rings. The zero-order valence-corrected chi connectivity index (χ0v) is 15.1. The van der Waals surface area contributed by atoms with Crippen LogP contribution in [0.3, 0.4) is 0 Å². The number of nitrogens with zero attached hydrogens (tertiary/aromatic N) is 2. The van der Waals surface area contributed by atoms with Gasteiger partial charge < -0.3 is 14.4 Å². The first-order chi connectivity index (χ1) is 12.8. The first kappa shape index (κ1) is 17.1. The summed E-state index contributed by atoms with van der Waals surface area (Å²) in [5.74, 6) is 1.78. The Kier molecular flexibility index (Phi) is 4.91. The number of anilines is 1. The van der Waals surface area contributed by atoms with Crippen molar-refractivity contribution in [2.45, 2.75) is 25.7 Å². The molecule has 0 unspecified atom stereocenters. The summed E-state index contributed by atoms with van der Waals surface area (Å²) in [5, 5.41) is 19.1. The van der Waals surface area contributed by atoms with Crippen molar-refractivity contribution in [3.8, 4) is 17.5 Å². The molecule has 1 aliphatic heterocycles. The lowest BCUT2D eigenvalue weighted by atomic mass is 9.87. The number of pyridine rings is 1. The number of piperazine rings is 1. The SMILES string of the molecule is N#Cc1c(N2CC[NH+](CCO)CC2)[nH+]c(-c2ccco2)c2c1CCCC2. The summed E-state index contributed by atoms with van der Waals surface area (Å²) in [4.78, 5) is 7.28. The summed E-state index contributed by atoms with van der Waals surface area (Å²) in [6.45, 7) is 4.75. The van der Waals surface area contributed by atoms with Crippen LogP contribution >= 0.6 is 0 Å². The number of aromatic nitrogens is 1. The van der Waals surface area contributed by atoms with Crippen molar-refractivity contribution in [2.75, 3.05) is 44.2 Å². The minimum atomic E-state index is 0.229. The van der Waals surface area contributed by atoms with Gasteiger partial charge >= 0.3 is 0 Å². The van der Waals surface area contributed by atoms with Crippen molar-refractivity contribution >= 4 is 5.82 Å². The number of nitriles is 1. The van der Waals surface area contributed by atoms with Crippen molar-refractivity contribution < 1.29 is 19.4 Å². The van der Waals surface area contributed by atoms with Crippen molar-refractivity contribution in [1.82, 2.24) is 0 Å². The number of nitrogens with one attached hydrogen (secondary N) is 2. The molecule has 2 aromatic rings. The molecule has 1 fully saturated rings. The predicted octanol–water partition coefficient (Wildman–Crippen LogP) is 0.208. The van der Waals surface area contributed by atoms with Crippen LogP contribution in [0.4, 0.5) is 5.82 Å². The van der Waals surface area contributed by atoms with E-state index in [-0.39, 0.29) is 6.61 Å². The lowest BCUT2D eigenvalue weighted by Gasteiger charge is -2.29. The molecule has 0 amide bonds. The smallest absolute Gasteiger partial charge is 0.293 e. The molecular weight excluding hydrogens is 328 g/mol. The number of fused-ring (bicyclic) bond motifs is 1. The molecule has 0 bridgehead atoms. The summed E-state index contributed by atoms with van der Waals surface area (Å²) in [5.41, 5.74) is 4.28. The number of aliphatic hydroxyl groups is 1. The Labute approximate surface area is 153 Å². The number of furan rings is 1. The summed E-state index contributed by atoms with van der Waals surface area (Å²) < 4.78 is 5.69. The summed E-state index contributed by atoms with van der Waals surface area (Å²) in [6.07, 6.45) is 5.95. The average Bonchev–Trinajstić information content (AvgIpc) is 3.22. The number of rotatable bonds is 4. The lowest BCUT2D eigenvalue weighted by molar-refractivity contribution is -0.901. The summed E-state index contributed by atoms with van der Waals surface area (Å²) in [6, 6.07) is 6.38. The van der Waals surface area contributed by atoms with Gasteiger partial charge in [-0.3, -0.25) is 0 Å². The fraction of sp³-hybridized carbons (Fsp3) is 0.500. The molecule has 0 spiro atoms. The average molecular weight is 354 g/mol. The number of hydrogen-bond donors (Lipinski definition) is 2. The molecule has 0 atom stereocenters. The van der Waals surface area contributed by atoms with Crippen LogP contribution < -0.4 is 14.8 Å². The second-order valence-electron chi connectivity index (χ2n) is 7.19. The van der Waals surface area contributed by atoms with Crippen LogP contribution in [0.25, 0.3) is 11.5 Å². The van der Waals surface area contributed by atoms with Crippen molar-refractivity contribution in [1.29, 1.82) is 5.26 Å². The monoisotopic (exact) mass is 354 g/mol. The highest BCUT2D eigenvalue weighted by molar-refractivity contribution is 5.65. The van der Waals surface area contributed by atoms with Gasteiger partial charge in [0.25, 0.3) is 5.82 Å². The summed E-state index contributed by atoms with van der Waals surface area (Å²) >= 11 is 0. The van der Waals surface area contributed by atoms with E-state index in [0.717, 1.165) is 81.2 Å². The van der Waals surface area contributed by atoms with E-state index >= 15 is 0 Å². The summed E-state index contributed by atoms with van der Waals surface area (Å²) in [7, 11) is 0. The van der Waals surface area contributed by atoms with Crippen LogP contribution in [-0.2, 0) is 12.8 Å². The first-order valence-corrected chi connectivity index (χ1v) is 9.56. The largest absolute Gasteiger partial charge is 0.461 e. The van der Waals surface area contributed by atoms with E-state index in [1.807, 2.05) is 12.1 Å². The fourth-order valence-electron chi connectivity index (χ4n) is 4.30. The zero-order valence-electron chi connectivity index (χ0n) is 15.1. The maximum Gasteiger partial charge on any atom is 0.293 e. The second kappa shape index (κ2) is 7.48. The van der Waals surface area contributed by atoms with Gasteiger partial charge in [0, 0.05) is 5.56 Å². The molecule has 136 valence electrons. The maximum absolute atomic E-state index is 9.90. The Morgan fingerprint density at radius 2 is 2.00 bits per heavy atom. The third-order valence-electron chi connectivity index (χ3n) is 5.68. The Morgan fingerprint density at radius 3 is 2.65 bits per heavy atom. The van der Waals surface area contributed by atoms with Gasteiger partial charge in [-0.1, -0.05) is 0 Å². The molecule has 0 radical (unpaired) electrons. The van der Waals surface area contributed by atoms with E-state index in [2.05, 4.69) is 16.0 Å². The molecule has 6 nitrogen and oxygen atoms in total. The fourth-order valence-corrected chi connectivity index (χ4v) is 4.30. The molecule has 26 heavy (non-hydrogen) atoms. The topological polar surface area (TPSA) is 79.0 Å². The predicted molar refractivity (Wildman–Crippen MR) is 96.9 cm³/mol. The zero-order chi connectivity index (χ0) is 17.9. The van der Waals surface area contributed by atoms with Crippen molar-refractivity contribution in [3.63, 3.8) is 0 Å². The molecular formula is C20H26N4O2+2. The number of aliphatic hydroxyl groups excluding tert-OH is 1. The van der Waals surface area contributed by atoms with Crippen LogP contribution in [0.15, 0.2) is 22.8 Å². The van der Waals surface area contributed by atoms with Gasteiger partial charge in [-0.2, -0.15) is 5.26 Å². The van der Waals surface area contributed by atoms with Gasteiger partial charge in [-0.25, -0.2) is 9.88 Å². The van der Waals surface area contributed by atoms with Gasteiger partial charge in [-0.15, -0.1) is 0 Å². The van der Waals surface area contributed by atoms with Gasteiger partial charge in [0.1, 0.15) is 44.4 Å². The third kappa shape index (κ3) is 3.09. The Balaban J connectivity index is 1.75. The van der Waals surface area contributed by atoms with Crippen LogP contribution in [-0.4, -0.2) is 44.4 Å². The molecule has 3 heterocycles. The van der Waals surface area contributed by atoms with E-state index < -0.39 is 0 Å². The highest BCUT2D eigenvalue weighted by atomic mass is 16.3. The molecule has 1 aliphatic carbocycles. The van der Waals surface area contributed by atoms with Gasteiger partial charge in [0.15, 0.2) is 11.5 Å². The number of quaternary nitrogens is 1. The molecule has 0 aromatic carbocycles. The standard InChI is InChI=1S/C20H24N4O2/c21-14-17-15-4-1-2-5-16(15)19(18-6-3-13-26-18)22-20(17)24-9-7-23(8-10-24)11-12-25/h3,6,13,25H,1-2,4-5,7-12H2/p+2. The maximum atomic E-state index is 9.90. The molecule has 2 aromatic heterocycles. The molecule has 3 N–H and O–H groups in total. The Bertz CT molecular complexity index is 802. The highest BCUT2D eigenvalue weighted by Crippen LogP contribution is 2.34. The van der Waals surface area contributed by atoms with E-state index in [4.69, 9.17) is 9.52 Å². The molecule has 0 saturated carbocycles. The number of aromatic amines is 1. The molecule has 6 heteroatoms. The van der Waals surface area contributed by atoms with E-state index in [0.29, 0.717) is 0 Å². The van der Waals surface area contributed by atoms with Crippen LogP contribution in [0.2, 0.25) is 0 Å². The Morgan fingerprint density at radius 1 is 1.23 bits per heavy atom.